The molecule has 1 aromatic heterocycles. The third-order valence-corrected chi connectivity index (χ3v) is 5.99. The molecule has 137 valence electrons. The van der Waals surface area contributed by atoms with Crippen LogP contribution in [0.25, 0.3) is 10.9 Å². The number of H-pyrrole nitrogens is 1. The highest BCUT2D eigenvalue weighted by molar-refractivity contribution is 9.10. The van der Waals surface area contributed by atoms with Crippen molar-refractivity contribution in [1.82, 2.24) is 9.88 Å². The number of carbonyl (C=O) groups excluding carboxylic acids is 1. The maximum Gasteiger partial charge on any atom is 0.270 e. The molecule has 2 aliphatic rings. The Balaban J connectivity index is 1.28. The molecule has 6 heteroatoms. The Bertz CT molecular complexity index is 1010. The van der Waals surface area contributed by atoms with Gasteiger partial charge in [0.25, 0.3) is 5.91 Å². The van der Waals surface area contributed by atoms with Gasteiger partial charge >= 0.3 is 0 Å². The maximum atomic E-state index is 12.9. The Morgan fingerprint density at radius 3 is 2.74 bits per heavy atom. The van der Waals surface area contributed by atoms with Gasteiger partial charge in [0.1, 0.15) is 12.4 Å². The minimum Gasteiger partial charge on any atom is -0.360 e. The molecule has 0 spiro atoms. The van der Waals surface area contributed by atoms with Gasteiger partial charge in [-0.05, 0) is 49.2 Å². The first-order valence-electron chi connectivity index (χ1n) is 9.24. The summed E-state index contributed by atoms with van der Waals surface area (Å²) in [6.45, 7) is 3.60. The van der Waals surface area contributed by atoms with E-state index in [1.54, 1.807) is 0 Å². The number of hydrogen-bond acceptors (Lipinski definition) is 3. The summed E-state index contributed by atoms with van der Waals surface area (Å²) in [4.78, 5) is 20.5. The lowest BCUT2D eigenvalue weighted by Crippen LogP contribution is -2.45. The van der Waals surface area contributed by atoms with Crippen molar-refractivity contribution in [1.29, 1.82) is 0 Å². The van der Waals surface area contributed by atoms with Crippen molar-refractivity contribution in [3.05, 3.63) is 65.4 Å². The largest absolute Gasteiger partial charge is 0.360 e. The molecule has 5 nitrogen and oxygen atoms in total. The van der Waals surface area contributed by atoms with Crippen molar-refractivity contribution in [2.75, 3.05) is 23.3 Å². The Morgan fingerprint density at radius 2 is 1.89 bits per heavy atom. The Morgan fingerprint density at radius 1 is 1.07 bits per heavy atom. The van der Waals surface area contributed by atoms with E-state index in [9.17, 15) is 4.79 Å². The van der Waals surface area contributed by atoms with Gasteiger partial charge < -0.3 is 20.1 Å². The van der Waals surface area contributed by atoms with E-state index in [-0.39, 0.29) is 5.91 Å². The highest BCUT2D eigenvalue weighted by Crippen LogP contribution is 2.36. The van der Waals surface area contributed by atoms with Gasteiger partial charge in [-0.3, -0.25) is 4.79 Å². The lowest BCUT2D eigenvalue weighted by atomic mass is 10.0. The summed E-state index contributed by atoms with van der Waals surface area (Å²) in [5, 5.41) is 4.39. The molecule has 2 N–H and O–H groups in total. The SMILES string of the molecule is O=C(c1cc2cc(Br)ccc2[nH]1)N1CCC(N2[CH]Nc3ccccc32)CC1. The molecule has 0 aliphatic carbocycles. The van der Waals surface area contributed by atoms with Gasteiger partial charge in [-0.1, -0.05) is 28.1 Å². The fraction of sp³-hybridized carbons (Fsp3) is 0.238. The first kappa shape index (κ1) is 16.7. The quantitative estimate of drug-likeness (QED) is 0.633. The minimum absolute atomic E-state index is 0.0877. The third-order valence-electron chi connectivity index (χ3n) is 5.50. The van der Waals surface area contributed by atoms with Crippen molar-refractivity contribution < 1.29 is 4.79 Å². The fourth-order valence-electron chi connectivity index (χ4n) is 4.07. The summed E-state index contributed by atoms with van der Waals surface area (Å²) in [6.07, 6.45) is 1.92. The molecule has 27 heavy (non-hydrogen) atoms. The van der Waals surface area contributed by atoms with E-state index in [4.69, 9.17) is 0 Å². The number of fused-ring (bicyclic) bond motifs is 2. The average Bonchev–Trinajstić information content (AvgIpc) is 3.31. The van der Waals surface area contributed by atoms with E-state index in [0.29, 0.717) is 11.7 Å². The lowest BCUT2D eigenvalue weighted by molar-refractivity contribution is 0.0709. The third kappa shape index (κ3) is 2.98. The number of para-hydroxylation sites is 2. The van der Waals surface area contributed by atoms with Crippen molar-refractivity contribution >= 4 is 44.1 Å². The summed E-state index contributed by atoms with van der Waals surface area (Å²) in [5.41, 5.74) is 4.04. The number of anilines is 2. The maximum absolute atomic E-state index is 12.9. The zero-order valence-corrected chi connectivity index (χ0v) is 16.4. The Labute approximate surface area is 166 Å². The second-order valence-electron chi connectivity index (χ2n) is 7.14. The van der Waals surface area contributed by atoms with Crippen LogP contribution in [0.1, 0.15) is 23.3 Å². The van der Waals surface area contributed by atoms with Crippen LogP contribution >= 0.6 is 15.9 Å². The van der Waals surface area contributed by atoms with Crippen molar-refractivity contribution in [2.45, 2.75) is 18.9 Å². The first-order chi connectivity index (χ1) is 13.2. The molecule has 3 heterocycles. The predicted octanol–water partition coefficient (Wildman–Crippen LogP) is 4.59. The number of piperidine rings is 1. The van der Waals surface area contributed by atoms with Gasteiger partial charge in [0.2, 0.25) is 0 Å². The van der Waals surface area contributed by atoms with Crippen LogP contribution in [0.3, 0.4) is 0 Å². The molecular weight excluding hydrogens is 404 g/mol. The second-order valence-corrected chi connectivity index (χ2v) is 8.05. The van der Waals surface area contributed by atoms with E-state index in [1.165, 1.54) is 5.69 Å². The summed E-state index contributed by atoms with van der Waals surface area (Å²) in [5.74, 6) is 0.0877. The molecule has 1 fully saturated rings. The van der Waals surface area contributed by atoms with Crippen LogP contribution in [0.2, 0.25) is 0 Å². The van der Waals surface area contributed by atoms with E-state index in [0.717, 1.165) is 47.0 Å². The number of benzene rings is 2. The molecule has 0 unspecified atom stereocenters. The fourth-order valence-corrected chi connectivity index (χ4v) is 4.45. The number of amides is 1. The Hall–Kier alpha value is -2.47. The molecule has 3 aromatic rings. The van der Waals surface area contributed by atoms with Crippen molar-refractivity contribution in [3.63, 3.8) is 0 Å². The standard InChI is InChI=1S/C21H20BrN4O/c22-15-5-6-17-14(11-15)12-19(24-17)21(27)25-9-7-16(8-10-25)26-13-23-18-3-1-2-4-20(18)26/h1-6,11-13,16,23-24H,7-10H2. The number of carbonyl (C=O) groups is 1. The van der Waals surface area contributed by atoms with E-state index >= 15 is 0 Å². The molecule has 0 bridgehead atoms. The minimum atomic E-state index is 0.0877. The molecule has 5 rings (SSSR count). The first-order valence-corrected chi connectivity index (χ1v) is 10.0. The van der Waals surface area contributed by atoms with Gasteiger partial charge in [-0.2, -0.15) is 0 Å². The van der Waals surface area contributed by atoms with Crippen LogP contribution < -0.4 is 10.2 Å². The summed E-state index contributed by atoms with van der Waals surface area (Å²) in [6, 6.07) is 16.7. The highest BCUT2D eigenvalue weighted by atomic mass is 79.9. The van der Waals surface area contributed by atoms with E-state index < -0.39 is 0 Å². The molecule has 1 amide bonds. The van der Waals surface area contributed by atoms with Crippen LogP contribution in [0.5, 0.6) is 0 Å². The van der Waals surface area contributed by atoms with Gasteiger partial charge in [0.05, 0.1) is 11.4 Å². The number of nitrogens with zero attached hydrogens (tertiary/aromatic N) is 2. The molecule has 1 saturated heterocycles. The number of aromatic amines is 1. The van der Waals surface area contributed by atoms with Crippen LogP contribution in [0.15, 0.2) is 53.0 Å². The second kappa shape index (κ2) is 6.60. The highest BCUT2D eigenvalue weighted by Gasteiger charge is 2.31. The lowest BCUT2D eigenvalue weighted by Gasteiger charge is -2.37. The average molecular weight is 424 g/mol. The van der Waals surface area contributed by atoms with Gasteiger partial charge in [-0.25, -0.2) is 0 Å². The van der Waals surface area contributed by atoms with Gasteiger partial charge in [-0.15, -0.1) is 0 Å². The molecule has 0 atom stereocenters. The topological polar surface area (TPSA) is 51.4 Å². The van der Waals surface area contributed by atoms with E-state index in [2.05, 4.69) is 56.0 Å². The summed E-state index contributed by atoms with van der Waals surface area (Å²) in [7, 11) is 0. The number of halogens is 1. The number of nitrogens with one attached hydrogen (secondary N) is 2. The smallest absolute Gasteiger partial charge is 0.270 e. The van der Waals surface area contributed by atoms with Gasteiger partial charge in [0, 0.05) is 34.5 Å². The van der Waals surface area contributed by atoms with Crippen molar-refractivity contribution in [2.24, 2.45) is 0 Å². The number of hydrogen-bond donors (Lipinski definition) is 2. The molecule has 1 radical (unpaired) electrons. The summed E-state index contributed by atoms with van der Waals surface area (Å²) < 4.78 is 1.02. The van der Waals surface area contributed by atoms with Crippen molar-refractivity contribution in [3.8, 4) is 0 Å². The number of rotatable bonds is 2. The monoisotopic (exact) mass is 423 g/mol. The predicted molar refractivity (Wildman–Crippen MR) is 112 cm³/mol. The Kier molecular flexibility index (Phi) is 4.08. The van der Waals surface area contributed by atoms with E-state index in [1.807, 2.05) is 35.2 Å². The zero-order chi connectivity index (χ0) is 18.4. The number of aromatic nitrogens is 1. The van der Waals surface area contributed by atoms with Gasteiger partial charge in [0.15, 0.2) is 0 Å². The van der Waals surface area contributed by atoms with Crippen LogP contribution in [-0.4, -0.2) is 34.9 Å². The van der Waals surface area contributed by atoms with Crippen LogP contribution in [-0.2, 0) is 0 Å². The molecular formula is C21H20BrN4O. The molecule has 0 saturated carbocycles. The summed E-state index contributed by atoms with van der Waals surface area (Å²) >= 11 is 3.48. The van der Waals surface area contributed by atoms with Crippen LogP contribution in [0.4, 0.5) is 11.4 Å². The number of likely N-dealkylation sites (tertiary alicyclic amines) is 1. The molecule has 2 aromatic carbocycles. The van der Waals surface area contributed by atoms with Crippen LogP contribution in [0, 0.1) is 6.67 Å². The molecule has 2 aliphatic heterocycles. The zero-order valence-electron chi connectivity index (χ0n) is 14.8. The normalized spacial score (nSPS) is 17.2.